The van der Waals surface area contributed by atoms with Gasteiger partial charge in [-0.2, -0.15) is 4.98 Å². The second-order valence-corrected chi connectivity index (χ2v) is 7.35. The van der Waals surface area contributed by atoms with Gasteiger partial charge < -0.3 is 9.26 Å². The number of benzene rings is 1. The van der Waals surface area contributed by atoms with Gasteiger partial charge in [-0.1, -0.05) is 24.2 Å². The van der Waals surface area contributed by atoms with Crippen LogP contribution >= 0.6 is 0 Å². The van der Waals surface area contributed by atoms with Gasteiger partial charge >= 0.3 is 5.97 Å². The number of fused-ring (bicyclic) bond motifs is 5. The van der Waals surface area contributed by atoms with Crippen LogP contribution in [0.2, 0.25) is 0 Å². The summed E-state index contributed by atoms with van der Waals surface area (Å²) >= 11 is 0. The van der Waals surface area contributed by atoms with Crippen LogP contribution in [-0.2, 0) is 11.2 Å². The van der Waals surface area contributed by atoms with Gasteiger partial charge in [-0.15, -0.1) is 5.10 Å². The maximum atomic E-state index is 14.2. The molecule has 11 heteroatoms. The standard InChI is InChI=1S/C20H18FN7O3/c1-4-30-20(29)17-15-8-14-16(18-23-19(10(2)3)31-25-18)22-9-27(14)13-7-11(21)5-6-12(13)28(15)26-24-17/h5-7,9-10H,4,8H2,1-3H3. The number of halogens is 1. The Morgan fingerprint density at radius 1 is 1.29 bits per heavy atom. The van der Waals surface area contributed by atoms with E-state index in [9.17, 15) is 9.18 Å². The van der Waals surface area contributed by atoms with Gasteiger partial charge in [0.2, 0.25) is 11.7 Å². The fraction of sp³-hybridized carbons (Fsp3) is 0.300. The van der Waals surface area contributed by atoms with Crippen molar-refractivity contribution in [3.8, 4) is 22.9 Å². The monoisotopic (exact) mass is 423 g/mol. The highest BCUT2D eigenvalue weighted by Gasteiger charge is 2.31. The number of ether oxygens (including phenoxy) is 1. The highest BCUT2D eigenvalue weighted by molar-refractivity contribution is 5.89. The van der Waals surface area contributed by atoms with E-state index in [4.69, 9.17) is 9.26 Å². The first kappa shape index (κ1) is 19.1. The highest BCUT2D eigenvalue weighted by Crippen LogP contribution is 2.33. The van der Waals surface area contributed by atoms with Gasteiger partial charge in [0, 0.05) is 18.4 Å². The molecule has 1 aliphatic rings. The Morgan fingerprint density at radius 3 is 2.87 bits per heavy atom. The average molecular weight is 423 g/mol. The molecule has 3 aromatic heterocycles. The minimum absolute atomic E-state index is 0.0540. The van der Waals surface area contributed by atoms with Crippen LogP contribution in [-0.4, -0.2) is 47.3 Å². The molecule has 0 N–H and O–H groups in total. The van der Waals surface area contributed by atoms with Gasteiger partial charge in [-0.3, -0.25) is 4.57 Å². The van der Waals surface area contributed by atoms with Gasteiger partial charge in [0.1, 0.15) is 17.8 Å². The predicted octanol–water partition coefficient (Wildman–Crippen LogP) is 2.85. The molecule has 5 rings (SSSR count). The smallest absolute Gasteiger partial charge is 0.360 e. The summed E-state index contributed by atoms with van der Waals surface area (Å²) in [5.41, 5.74) is 2.76. The van der Waals surface area contributed by atoms with Crippen molar-refractivity contribution in [1.82, 2.24) is 34.7 Å². The second kappa shape index (κ2) is 7.11. The molecule has 10 nitrogen and oxygen atoms in total. The van der Waals surface area contributed by atoms with Crippen LogP contribution in [0.1, 0.15) is 54.5 Å². The molecule has 0 fully saturated rings. The van der Waals surface area contributed by atoms with Gasteiger partial charge in [0.05, 0.1) is 29.4 Å². The van der Waals surface area contributed by atoms with Crippen LogP contribution in [0.25, 0.3) is 22.9 Å². The molecule has 1 aliphatic heterocycles. The summed E-state index contributed by atoms with van der Waals surface area (Å²) in [6.45, 7) is 5.81. The van der Waals surface area contributed by atoms with Gasteiger partial charge in [-0.05, 0) is 19.1 Å². The molecule has 31 heavy (non-hydrogen) atoms. The Kier molecular flexibility index (Phi) is 4.38. The van der Waals surface area contributed by atoms with Crippen LogP contribution in [0.3, 0.4) is 0 Å². The van der Waals surface area contributed by atoms with Crippen molar-refractivity contribution in [3.63, 3.8) is 0 Å². The number of rotatable bonds is 4. The number of nitrogens with zero attached hydrogens (tertiary/aromatic N) is 7. The molecule has 4 heterocycles. The average Bonchev–Trinajstić information content (AvgIpc) is 3.45. The highest BCUT2D eigenvalue weighted by atomic mass is 19.1. The Balaban J connectivity index is 1.74. The van der Waals surface area contributed by atoms with Gasteiger partial charge in [0.25, 0.3) is 0 Å². The largest absolute Gasteiger partial charge is 0.461 e. The van der Waals surface area contributed by atoms with E-state index in [-0.39, 0.29) is 24.6 Å². The zero-order valence-corrected chi connectivity index (χ0v) is 17.0. The number of imidazole rings is 1. The Hall–Kier alpha value is -3.89. The second-order valence-electron chi connectivity index (χ2n) is 7.35. The van der Waals surface area contributed by atoms with E-state index >= 15 is 0 Å². The number of carbonyl (C=O) groups excluding carboxylic acids is 1. The van der Waals surface area contributed by atoms with Crippen molar-refractivity contribution in [2.24, 2.45) is 0 Å². The normalized spacial score (nSPS) is 12.3. The summed E-state index contributed by atoms with van der Waals surface area (Å²) in [5, 5.41) is 12.2. The summed E-state index contributed by atoms with van der Waals surface area (Å²) in [6, 6.07) is 4.28. The third-order valence-electron chi connectivity index (χ3n) is 5.01. The molecule has 1 aromatic carbocycles. The van der Waals surface area contributed by atoms with Crippen molar-refractivity contribution >= 4 is 5.97 Å². The quantitative estimate of drug-likeness (QED) is 0.406. The maximum absolute atomic E-state index is 14.2. The summed E-state index contributed by atoms with van der Waals surface area (Å²) in [4.78, 5) is 21.4. The third-order valence-corrected chi connectivity index (χ3v) is 5.01. The minimum atomic E-state index is -0.580. The van der Waals surface area contributed by atoms with Crippen molar-refractivity contribution in [1.29, 1.82) is 0 Å². The fourth-order valence-electron chi connectivity index (χ4n) is 3.54. The van der Waals surface area contributed by atoms with E-state index in [1.54, 1.807) is 23.9 Å². The first-order chi connectivity index (χ1) is 15.0. The van der Waals surface area contributed by atoms with Crippen molar-refractivity contribution < 1.29 is 18.4 Å². The molecule has 0 atom stereocenters. The van der Waals surface area contributed by atoms with Crippen LogP contribution in [0, 0.1) is 5.82 Å². The molecule has 0 saturated carbocycles. The topological polar surface area (TPSA) is 114 Å². The summed E-state index contributed by atoms with van der Waals surface area (Å²) in [6.07, 6.45) is 1.79. The Morgan fingerprint density at radius 2 is 2.13 bits per heavy atom. The van der Waals surface area contributed by atoms with Crippen molar-refractivity contribution in [2.45, 2.75) is 33.1 Å². The molecule has 0 saturated heterocycles. The number of esters is 1. The lowest BCUT2D eigenvalue weighted by Gasteiger charge is -2.09. The Bertz CT molecular complexity index is 1300. The van der Waals surface area contributed by atoms with Gasteiger partial charge in [-0.25, -0.2) is 18.9 Å². The van der Waals surface area contributed by atoms with Crippen LogP contribution in [0.5, 0.6) is 0 Å². The van der Waals surface area contributed by atoms with E-state index < -0.39 is 11.8 Å². The summed E-state index contributed by atoms with van der Waals surface area (Å²) in [5.74, 6) is -0.151. The first-order valence-electron chi connectivity index (χ1n) is 9.80. The molecule has 0 spiro atoms. The van der Waals surface area contributed by atoms with Crippen molar-refractivity contribution in [2.75, 3.05) is 6.61 Å². The summed E-state index contributed by atoms with van der Waals surface area (Å²) < 4.78 is 27.9. The lowest BCUT2D eigenvalue weighted by atomic mass is 10.1. The molecule has 0 aliphatic carbocycles. The molecule has 0 bridgehead atoms. The molecule has 0 unspecified atom stereocenters. The number of hydrogen-bond donors (Lipinski definition) is 0. The minimum Gasteiger partial charge on any atom is -0.461 e. The lowest BCUT2D eigenvalue weighted by molar-refractivity contribution is 0.0518. The van der Waals surface area contributed by atoms with E-state index in [2.05, 4.69) is 25.4 Å². The first-order valence-corrected chi connectivity index (χ1v) is 9.80. The van der Waals surface area contributed by atoms with E-state index in [1.165, 1.54) is 16.8 Å². The fourth-order valence-corrected chi connectivity index (χ4v) is 3.54. The molecule has 158 valence electrons. The number of carbonyl (C=O) groups is 1. The van der Waals surface area contributed by atoms with Crippen LogP contribution in [0.4, 0.5) is 4.39 Å². The van der Waals surface area contributed by atoms with Crippen molar-refractivity contribution in [3.05, 3.63) is 53.3 Å². The zero-order chi connectivity index (χ0) is 21.7. The van der Waals surface area contributed by atoms with E-state index in [1.807, 2.05) is 13.8 Å². The number of hydrogen-bond acceptors (Lipinski definition) is 8. The van der Waals surface area contributed by atoms with E-state index in [0.717, 1.165) is 0 Å². The lowest BCUT2D eigenvalue weighted by Crippen LogP contribution is -2.10. The molecule has 0 radical (unpaired) electrons. The maximum Gasteiger partial charge on any atom is 0.360 e. The van der Waals surface area contributed by atoms with Crippen LogP contribution in [0.15, 0.2) is 29.0 Å². The van der Waals surface area contributed by atoms with E-state index in [0.29, 0.717) is 40.2 Å². The molecular weight excluding hydrogens is 405 g/mol. The Labute approximate surface area is 175 Å². The molecule has 0 amide bonds. The van der Waals surface area contributed by atoms with Gasteiger partial charge in [0.15, 0.2) is 5.69 Å². The molecular formula is C20H18FN7O3. The van der Waals surface area contributed by atoms with Crippen LogP contribution < -0.4 is 0 Å². The number of aromatic nitrogens is 7. The predicted molar refractivity (Wildman–Crippen MR) is 105 cm³/mol. The SMILES string of the molecule is CCOC(=O)c1nnn2c1Cc1c(-c3noc(C(C)C)n3)ncn1-c1cc(F)ccc1-2. The third kappa shape index (κ3) is 3.00. The summed E-state index contributed by atoms with van der Waals surface area (Å²) in [7, 11) is 0. The molecule has 4 aromatic rings. The zero-order valence-electron chi connectivity index (χ0n) is 17.0.